The maximum absolute atomic E-state index is 6.09. The molecule has 1 unspecified atom stereocenters. The largest absolute Gasteiger partial charge is 0.380 e. The molecule has 0 saturated carbocycles. The molecular formula is C16H27N3O. The Hall–Kier alpha value is -0.940. The summed E-state index contributed by atoms with van der Waals surface area (Å²) in [6, 6.07) is 8.81. The molecule has 1 saturated heterocycles. The smallest absolute Gasteiger partial charge is 0.0716 e. The highest BCUT2D eigenvalue weighted by Gasteiger charge is 2.23. The molecule has 1 aromatic rings. The van der Waals surface area contributed by atoms with E-state index in [2.05, 4.69) is 41.1 Å². The van der Waals surface area contributed by atoms with Crippen LogP contribution in [0.4, 0.5) is 0 Å². The van der Waals surface area contributed by atoms with Gasteiger partial charge in [-0.25, -0.2) is 0 Å². The number of benzene rings is 1. The number of nitrogens with zero attached hydrogens (tertiary/aromatic N) is 2. The first-order valence-electron chi connectivity index (χ1n) is 7.45. The van der Waals surface area contributed by atoms with Crippen LogP contribution in [0.5, 0.6) is 0 Å². The lowest BCUT2D eigenvalue weighted by Crippen LogP contribution is -2.37. The zero-order valence-electron chi connectivity index (χ0n) is 12.7. The van der Waals surface area contributed by atoms with Gasteiger partial charge in [-0.05, 0) is 31.1 Å². The molecule has 20 heavy (non-hydrogen) atoms. The van der Waals surface area contributed by atoms with Gasteiger partial charge < -0.3 is 15.4 Å². The van der Waals surface area contributed by atoms with Crippen LogP contribution in [0.2, 0.25) is 0 Å². The lowest BCUT2D eigenvalue weighted by Gasteiger charge is -2.31. The third-order valence-electron chi connectivity index (χ3n) is 4.13. The molecule has 2 N–H and O–H groups in total. The maximum Gasteiger partial charge on any atom is 0.0716 e. The van der Waals surface area contributed by atoms with E-state index in [-0.39, 0.29) is 0 Å². The van der Waals surface area contributed by atoms with Gasteiger partial charge in [-0.15, -0.1) is 0 Å². The van der Waals surface area contributed by atoms with Crippen molar-refractivity contribution in [3.63, 3.8) is 0 Å². The van der Waals surface area contributed by atoms with Crippen LogP contribution >= 0.6 is 0 Å². The van der Waals surface area contributed by atoms with E-state index in [1.807, 2.05) is 0 Å². The Labute approximate surface area is 122 Å². The van der Waals surface area contributed by atoms with Crippen LogP contribution in [0.3, 0.4) is 0 Å². The summed E-state index contributed by atoms with van der Waals surface area (Å²) in [6.45, 7) is 5.80. The molecule has 2 rings (SSSR count). The summed E-state index contributed by atoms with van der Waals surface area (Å²) in [5, 5.41) is 0. The second-order valence-corrected chi connectivity index (χ2v) is 5.58. The predicted molar refractivity (Wildman–Crippen MR) is 82.6 cm³/mol. The van der Waals surface area contributed by atoms with Crippen molar-refractivity contribution in [3.8, 4) is 0 Å². The highest BCUT2D eigenvalue weighted by Crippen LogP contribution is 2.25. The lowest BCUT2D eigenvalue weighted by atomic mass is 9.99. The number of nitrogens with two attached hydrogens (primary N) is 1. The van der Waals surface area contributed by atoms with Crippen LogP contribution in [0.15, 0.2) is 24.3 Å². The maximum atomic E-state index is 6.09. The minimum absolute atomic E-state index is 0.299. The standard InChI is InChI=1S/C16H27N3O/c1-18-8-5-9-19(11-10-18)16(12-17)15-7-4-3-6-14(15)13-20-2/h3-4,6-7,16H,5,8-13,17H2,1-2H3. The molecule has 0 aromatic heterocycles. The highest BCUT2D eigenvalue weighted by atomic mass is 16.5. The van der Waals surface area contributed by atoms with Crippen molar-refractivity contribution in [2.75, 3.05) is 46.9 Å². The number of hydrogen-bond donors (Lipinski definition) is 1. The van der Waals surface area contributed by atoms with Gasteiger partial charge in [0.25, 0.3) is 0 Å². The second-order valence-electron chi connectivity index (χ2n) is 5.58. The van der Waals surface area contributed by atoms with Crippen LogP contribution in [0.1, 0.15) is 23.6 Å². The fourth-order valence-corrected chi connectivity index (χ4v) is 3.00. The van der Waals surface area contributed by atoms with E-state index < -0.39 is 0 Å². The van der Waals surface area contributed by atoms with E-state index in [0.717, 1.165) is 19.6 Å². The van der Waals surface area contributed by atoms with Crippen molar-refractivity contribution in [3.05, 3.63) is 35.4 Å². The first-order chi connectivity index (χ1) is 9.76. The third-order valence-corrected chi connectivity index (χ3v) is 4.13. The average molecular weight is 277 g/mol. The molecule has 0 aliphatic carbocycles. The van der Waals surface area contributed by atoms with Crippen molar-refractivity contribution in [1.82, 2.24) is 9.80 Å². The third kappa shape index (κ3) is 3.79. The van der Waals surface area contributed by atoms with E-state index >= 15 is 0 Å². The molecule has 1 aliphatic rings. The molecule has 112 valence electrons. The molecule has 0 spiro atoms. The van der Waals surface area contributed by atoms with E-state index in [1.54, 1.807) is 7.11 Å². The van der Waals surface area contributed by atoms with Crippen molar-refractivity contribution in [2.24, 2.45) is 5.73 Å². The van der Waals surface area contributed by atoms with Gasteiger partial charge >= 0.3 is 0 Å². The Morgan fingerprint density at radius 3 is 2.75 bits per heavy atom. The van der Waals surface area contributed by atoms with Crippen LogP contribution in [-0.4, -0.2) is 56.7 Å². The fraction of sp³-hybridized carbons (Fsp3) is 0.625. The molecule has 0 radical (unpaired) electrons. The van der Waals surface area contributed by atoms with Crippen molar-refractivity contribution < 1.29 is 4.74 Å². The first kappa shape index (κ1) is 15.4. The monoisotopic (exact) mass is 277 g/mol. The number of ether oxygens (including phenoxy) is 1. The first-order valence-corrected chi connectivity index (χ1v) is 7.45. The number of hydrogen-bond acceptors (Lipinski definition) is 4. The molecule has 4 nitrogen and oxygen atoms in total. The van der Waals surface area contributed by atoms with E-state index in [9.17, 15) is 0 Å². The summed E-state index contributed by atoms with van der Waals surface area (Å²) in [5.41, 5.74) is 8.66. The summed E-state index contributed by atoms with van der Waals surface area (Å²) in [4.78, 5) is 4.92. The Morgan fingerprint density at radius 2 is 2.00 bits per heavy atom. The van der Waals surface area contributed by atoms with Gasteiger partial charge in [-0.3, -0.25) is 4.90 Å². The van der Waals surface area contributed by atoms with Gasteiger partial charge in [0.1, 0.15) is 0 Å². The zero-order chi connectivity index (χ0) is 14.4. The summed E-state index contributed by atoms with van der Waals surface area (Å²) in [5.74, 6) is 0. The molecule has 1 aliphatic heterocycles. The Balaban J connectivity index is 2.18. The summed E-state index contributed by atoms with van der Waals surface area (Å²) < 4.78 is 5.32. The number of methoxy groups -OCH3 is 1. The van der Waals surface area contributed by atoms with E-state index in [1.165, 1.54) is 24.1 Å². The molecule has 0 amide bonds. The van der Waals surface area contributed by atoms with E-state index in [0.29, 0.717) is 19.2 Å². The molecule has 4 heteroatoms. The van der Waals surface area contributed by atoms with Gasteiger partial charge in [0.2, 0.25) is 0 Å². The van der Waals surface area contributed by atoms with Crippen molar-refractivity contribution in [1.29, 1.82) is 0 Å². The zero-order valence-corrected chi connectivity index (χ0v) is 12.7. The van der Waals surface area contributed by atoms with Gasteiger partial charge in [0, 0.05) is 39.3 Å². The Bertz CT molecular complexity index is 410. The SMILES string of the molecule is COCc1ccccc1C(CN)N1CCCN(C)CC1. The van der Waals surface area contributed by atoms with Crippen LogP contribution in [0.25, 0.3) is 0 Å². The average Bonchev–Trinajstić information content (AvgIpc) is 2.67. The minimum Gasteiger partial charge on any atom is -0.380 e. The van der Waals surface area contributed by atoms with Crippen LogP contribution in [-0.2, 0) is 11.3 Å². The Kier molecular flexibility index (Phi) is 5.98. The van der Waals surface area contributed by atoms with Gasteiger partial charge in [-0.1, -0.05) is 24.3 Å². The highest BCUT2D eigenvalue weighted by molar-refractivity contribution is 5.30. The molecule has 0 bridgehead atoms. The predicted octanol–water partition coefficient (Wildman–Crippen LogP) is 1.47. The number of likely N-dealkylation sites (N-methyl/N-ethyl adjacent to an activating group) is 1. The lowest BCUT2D eigenvalue weighted by molar-refractivity contribution is 0.176. The van der Waals surface area contributed by atoms with Gasteiger partial charge in [-0.2, -0.15) is 0 Å². The molecular weight excluding hydrogens is 250 g/mol. The van der Waals surface area contributed by atoms with Crippen molar-refractivity contribution >= 4 is 0 Å². The topological polar surface area (TPSA) is 41.7 Å². The van der Waals surface area contributed by atoms with Gasteiger partial charge in [0.15, 0.2) is 0 Å². The molecule has 1 aromatic carbocycles. The van der Waals surface area contributed by atoms with Gasteiger partial charge in [0.05, 0.1) is 6.61 Å². The number of rotatable bonds is 5. The minimum atomic E-state index is 0.299. The van der Waals surface area contributed by atoms with E-state index in [4.69, 9.17) is 10.5 Å². The van der Waals surface area contributed by atoms with Crippen molar-refractivity contribution in [2.45, 2.75) is 19.1 Å². The summed E-state index contributed by atoms with van der Waals surface area (Å²) >= 11 is 0. The second kappa shape index (κ2) is 7.74. The normalized spacial score (nSPS) is 19.8. The fourth-order valence-electron chi connectivity index (χ4n) is 3.00. The molecule has 1 fully saturated rings. The summed E-state index contributed by atoms with van der Waals surface area (Å²) in [7, 11) is 3.94. The summed E-state index contributed by atoms with van der Waals surface area (Å²) in [6.07, 6.45) is 1.21. The van der Waals surface area contributed by atoms with Crippen LogP contribution in [0, 0.1) is 0 Å². The quantitative estimate of drug-likeness (QED) is 0.885. The molecule has 1 atom stereocenters. The van der Waals surface area contributed by atoms with Crippen LogP contribution < -0.4 is 5.73 Å². The Morgan fingerprint density at radius 1 is 1.20 bits per heavy atom. The molecule has 1 heterocycles.